The van der Waals surface area contributed by atoms with Gasteiger partial charge in [0.25, 0.3) is 0 Å². The average molecular weight is 285 g/mol. The van der Waals surface area contributed by atoms with E-state index in [-0.39, 0.29) is 12.1 Å². The molecule has 0 radical (unpaired) electrons. The SMILES string of the molecule is CC(O)CCN(C)C(=O)NC(C)c1ccc(Cl)cc1. The number of benzene rings is 1. The highest BCUT2D eigenvalue weighted by atomic mass is 35.5. The van der Waals surface area contributed by atoms with Crippen LogP contribution in [0.3, 0.4) is 0 Å². The molecule has 19 heavy (non-hydrogen) atoms. The molecule has 0 aliphatic heterocycles. The topological polar surface area (TPSA) is 52.6 Å². The van der Waals surface area contributed by atoms with E-state index in [0.717, 1.165) is 5.56 Å². The molecule has 0 saturated carbocycles. The van der Waals surface area contributed by atoms with Gasteiger partial charge in [0.2, 0.25) is 0 Å². The molecule has 0 saturated heterocycles. The first-order valence-electron chi connectivity index (χ1n) is 6.35. The van der Waals surface area contributed by atoms with Crippen molar-refractivity contribution in [1.29, 1.82) is 0 Å². The van der Waals surface area contributed by atoms with Gasteiger partial charge in [0.05, 0.1) is 12.1 Å². The summed E-state index contributed by atoms with van der Waals surface area (Å²) in [5.74, 6) is 0. The van der Waals surface area contributed by atoms with Crippen molar-refractivity contribution in [2.24, 2.45) is 0 Å². The Morgan fingerprint density at radius 1 is 1.37 bits per heavy atom. The maximum atomic E-state index is 11.9. The molecule has 0 spiro atoms. The van der Waals surface area contributed by atoms with Crippen LogP contribution in [-0.4, -0.2) is 35.7 Å². The molecule has 106 valence electrons. The molecule has 0 aliphatic rings. The van der Waals surface area contributed by atoms with E-state index in [1.165, 1.54) is 0 Å². The van der Waals surface area contributed by atoms with Gasteiger partial charge in [-0.2, -0.15) is 0 Å². The lowest BCUT2D eigenvalue weighted by atomic mass is 10.1. The zero-order valence-corrected chi connectivity index (χ0v) is 12.3. The lowest BCUT2D eigenvalue weighted by Gasteiger charge is -2.22. The molecule has 0 aliphatic carbocycles. The third-order valence-corrected chi connectivity index (χ3v) is 3.19. The molecule has 2 N–H and O–H groups in total. The van der Waals surface area contributed by atoms with Gasteiger partial charge in [0, 0.05) is 18.6 Å². The van der Waals surface area contributed by atoms with Crippen LogP contribution in [-0.2, 0) is 0 Å². The Labute approximate surface area is 119 Å². The summed E-state index contributed by atoms with van der Waals surface area (Å²) < 4.78 is 0. The van der Waals surface area contributed by atoms with Gasteiger partial charge in [-0.15, -0.1) is 0 Å². The summed E-state index contributed by atoms with van der Waals surface area (Å²) in [6, 6.07) is 7.15. The number of nitrogens with zero attached hydrogens (tertiary/aromatic N) is 1. The second-order valence-electron chi connectivity index (χ2n) is 4.78. The maximum Gasteiger partial charge on any atom is 0.317 e. The predicted octanol–water partition coefficient (Wildman–Crippen LogP) is 2.81. The summed E-state index contributed by atoms with van der Waals surface area (Å²) in [4.78, 5) is 13.5. The van der Waals surface area contributed by atoms with Crippen LogP contribution in [0.4, 0.5) is 4.79 Å². The molecule has 1 rings (SSSR count). The van der Waals surface area contributed by atoms with E-state index in [1.807, 2.05) is 19.1 Å². The summed E-state index contributed by atoms with van der Waals surface area (Å²) in [7, 11) is 1.71. The van der Waals surface area contributed by atoms with Crippen LogP contribution in [0.2, 0.25) is 5.02 Å². The van der Waals surface area contributed by atoms with E-state index < -0.39 is 6.10 Å². The molecule has 1 aromatic rings. The summed E-state index contributed by atoms with van der Waals surface area (Å²) in [6.07, 6.45) is 0.170. The minimum Gasteiger partial charge on any atom is -0.393 e. The zero-order valence-electron chi connectivity index (χ0n) is 11.6. The normalized spacial score (nSPS) is 13.7. The zero-order chi connectivity index (χ0) is 14.4. The first-order chi connectivity index (χ1) is 8.90. The van der Waals surface area contributed by atoms with E-state index in [4.69, 9.17) is 11.6 Å². The van der Waals surface area contributed by atoms with Crippen molar-refractivity contribution in [2.75, 3.05) is 13.6 Å². The van der Waals surface area contributed by atoms with Gasteiger partial charge in [-0.25, -0.2) is 4.79 Å². The van der Waals surface area contributed by atoms with Crippen LogP contribution < -0.4 is 5.32 Å². The van der Waals surface area contributed by atoms with Gasteiger partial charge in [-0.05, 0) is 38.0 Å². The fourth-order valence-corrected chi connectivity index (χ4v) is 1.74. The quantitative estimate of drug-likeness (QED) is 0.873. The number of hydrogen-bond donors (Lipinski definition) is 2. The van der Waals surface area contributed by atoms with Gasteiger partial charge >= 0.3 is 6.03 Å². The number of urea groups is 1. The van der Waals surface area contributed by atoms with Gasteiger partial charge in [0.15, 0.2) is 0 Å². The second-order valence-corrected chi connectivity index (χ2v) is 5.22. The Hall–Kier alpha value is -1.26. The molecular weight excluding hydrogens is 264 g/mol. The van der Waals surface area contributed by atoms with Crippen molar-refractivity contribution in [1.82, 2.24) is 10.2 Å². The van der Waals surface area contributed by atoms with Crippen molar-refractivity contribution < 1.29 is 9.90 Å². The standard InChI is InChI=1S/C14H21ClN2O2/c1-10(18)8-9-17(3)14(19)16-11(2)12-4-6-13(15)7-5-12/h4-7,10-11,18H,8-9H2,1-3H3,(H,16,19). The Morgan fingerprint density at radius 2 is 1.95 bits per heavy atom. The van der Waals surface area contributed by atoms with Crippen molar-refractivity contribution >= 4 is 17.6 Å². The first-order valence-corrected chi connectivity index (χ1v) is 6.73. The number of rotatable bonds is 5. The van der Waals surface area contributed by atoms with Gasteiger partial charge in [-0.1, -0.05) is 23.7 Å². The van der Waals surface area contributed by atoms with Crippen LogP contribution >= 0.6 is 11.6 Å². The summed E-state index contributed by atoms with van der Waals surface area (Å²) >= 11 is 5.82. The first kappa shape index (κ1) is 15.8. The van der Waals surface area contributed by atoms with E-state index >= 15 is 0 Å². The number of carbonyl (C=O) groups is 1. The monoisotopic (exact) mass is 284 g/mol. The third kappa shape index (κ3) is 5.49. The number of amides is 2. The summed E-state index contributed by atoms with van der Waals surface area (Å²) in [5.41, 5.74) is 1.00. The smallest absolute Gasteiger partial charge is 0.317 e. The molecule has 0 aromatic heterocycles. The molecule has 0 bridgehead atoms. The highest BCUT2D eigenvalue weighted by Gasteiger charge is 2.13. The van der Waals surface area contributed by atoms with Crippen LogP contribution in [0, 0.1) is 0 Å². The maximum absolute atomic E-state index is 11.9. The molecule has 2 amide bonds. The van der Waals surface area contributed by atoms with Crippen LogP contribution in [0.15, 0.2) is 24.3 Å². The molecule has 0 heterocycles. The molecular formula is C14H21ClN2O2. The van der Waals surface area contributed by atoms with Crippen molar-refractivity contribution in [3.05, 3.63) is 34.9 Å². The van der Waals surface area contributed by atoms with Gasteiger partial charge in [-0.3, -0.25) is 0 Å². The van der Waals surface area contributed by atoms with E-state index in [0.29, 0.717) is 18.0 Å². The van der Waals surface area contributed by atoms with Crippen LogP contribution in [0.25, 0.3) is 0 Å². The number of aliphatic hydroxyl groups excluding tert-OH is 1. The van der Waals surface area contributed by atoms with Gasteiger partial charge < -0.3 is 15.3 Å². The minimum absolute atomic E-state index is 0.0845. The van der Waals surface area contributed by atoms with Crippen LogP contribution in [0.1, 0.15) is 31.9 Å². The summed E-state index contributed by atoms with van der Waals surface area (Å²) in [5, 5.41) is 12.8. The van der Waals surface area contributed by atoms with Crippen molar-refractivity contribution in [3.63, 3.8) is 0 Å². The number of carbonyl (C=O) groups excluding carboxylic acids is 1. The van der Waals surface area contributed by atoms with E-state index in [1.54, 1.807) is 31.0 Å². The third-order valence-electron chi connectivity index (χ3n) is 2.94. The van der Waals surface area contributed by atoms with E-state index in [9.17, 15) is 9.90 Å². The van der Waals surface area contributed by atoms with Crippen molar-refractivity contribution in [2.45, 2.75) is 32.4 Å². The van der Waals surface area contributed by atoms with Crippen LogP contribution in [0.5, 0.6) is 0 Å². The minimum atomic E-state index is -0.399. The molecule has 5 heteroatoms. The second kappa shape index (κ2) is 7.36. The highest BCUT2D eigenvalue weighted by molar-refractivity contribution is 6.30. The Bertz CT molecular complexity index is 406. The lowest BCUT2D eigenvalue weighted by molar-refractivity contribution is 0.162. The Balaban J connectivity index is 2.49. The largest absolute Gasteiger partial charge is 0.393 e. The molecule has 2 unspecified atom stereocenters. The number of aliphatic hydroxyl groups is 1. The van der Waals surface area contributed by atoms with Crippen molar-refractivity contribution in [3.8, 4) is 0 Å². The fraction of sp³-hybridized carbons (Fsp3) is 0.500. The fourth-order valence-electron chi connectivity index (χ4n) is 1.61. The lowest BCUT2D eigenvalue weighted by Crippen LogP contribution is -2.39. The van der Waals surface area contributed by atoms with Gasteiger partial charge in [0.1, 0.15) is 0 Å². The Kier molecular flexibility index (Phi) is 6.12. The Morgan fingerprint density at radius 3 is 2.47 bits per heavy atom. The highest BCUT2D eigenvalue weighted by Crippen LogP contribution is 2.16. The number of hydrogen-bond acceptors (Lipinski definition) is 2. The molecule has 4 nitrogen and oxygen atoms in total. The molecule has 2 atom stereocenters. The summed E-state index contributed by atoms with van der Waals surface area (Å²) in [6.45, 7) is 4.16. The molecule has 0 fully saturated rings. The average Bonchev–Trinajstić information content (AvgIpc) is 2.36. The van der Waals surface area contributed by atoms with E-state index in [2.05, 4.69) is 5.32 Å². The molecule has 1 aromatic carbocycles. The number of halogens is 1. The predicted molar refractivity (Wildman–Crippen MR) is 77.3 cm³/mol. The number of nitrogens with one attached hydrogen (secondary N) is 1.